The van der Waals surface area contributed by atoms with Crippen molar-refractivity contribution in [2.45, 2.75) is 46.5 Å². The highest BCUT2D eigenvalue weighted by atomic mass is 14.0. The Hall–Kier alpha value is -0.520. The zero-order chi connectivity index (χ0) is 8.53. The first-order valence-electron chi connectivity index (χ1n) is 4.70. The molecule has 0 radical (unpaired) electrons. The van der Waals surface area contributed by atoms with Crippen molar-refractivity contribution in [3.63, 3.8) is 0 Å². The van der Waals surface area contributed by atoms with E-state index < -0.39 is 0 Å². The van der Waals surface area contributed by atoms with Crippen molar-refractivity contribution in [3.8, 4) is 0 Å². The molecule has 0 amide bonds. The molecule has 0 nitrogen and oxygen atoms in total. The van der Waals surface area contributed by atoms with Gasteiger partial charge in [-0.15, -0.1) is 0 Å². The summed E-state index contributed by atoms with van der Waals surface area (Å²) < 4.78 is 0. The number of hydrogen-bond acceptors (Lipinski definition) is 0. The topological polar surface area (TPSA) is 0 Å². The van der Waals surface area contributed by atoms with Crippen molar-refractivity contribution in [2.24, 2.45) is 0 Å². The van der Waals surface area contributed by atoms with Crippen LogP contribution in [0.25, 0.3) is 0 Å². The summed E-state index contributed by atoms with van der Waals surface area (Å²) >= 11 is 0. The van der Waals surface area contributed by atoms with Crippen LogP contribution in [0.2, 0.25) is 0 Å². The molecule has 1 rings (SSSR count). The van der Waals surface area contributed by atoms with Gasteiger partial charge in [0.2, 0.25) is 0 Å². The van der Waals surface area contributed by atoms with Crippen molar-refractivity contribution in [2.75, 3.05) is 0 Å². The molecule has 1 aliphatic carbocycles. The summed E-state index contributed by atoms with van der Waals surface area (Å²) in [5, 5.41) is 0. The summed E-state index contributed by atoms with van der Waals surface area (Å²) in [6.07, 6.45) is 11.7. The molecule has 0 N–H and O–H groups in total. The zero-order valence-electron chi connectivity index (χ0n) is 8.06. The summed E-state index contributed by atoms with van der Waals surface area (Å²) in [4.78, 5) is 0. The minimum atomic E-state index is 1.16. The van der Waals surface area contributed by atoms with Crippen LogP contribution >= 0.6 is 0 Å². The summed E-state index contributed by atoms with van der Waals surface area (Å²) in [5.74, 6) is 0. The Morgan fingerprint density at radius 3 is 2.27 bits per heavy atom. The molecule has 0 unspecified atom stereocenters. The third kappa shape index (κ3) is 5.90. The van der Waals surface area contributed by atoms with Gasteiger partial charge >= 0.3 is 0 Å². The summed E-state index contributed by atoms with van der Waals surface area (Å²) in [6.45, 7) is 6.47. The van der Waals surface area contributed by atoms with Crippen LogP contribution < -0.4 is 0 Å². The van der Waals surface area contributed by atoms with E-state index in [1.807, 2.05) is 0 Å². The lowest BCUT2D eigenvalue weighted by atomic mass is 10.2. The third-order valence-corrected chi connectivity index (χ3v) is 1.39. The van der Waals surface area contributed by atoms with Gasteiger partial charge in [0.15, 0.2) is 0 Å². The van der Waals surface area contributed by atoms with Gasteiger partial charge in [-0.25, -0.2) is 0 Å². The van der Waals surface area contributed by atoms with E-state index in [0.29, 0.717) is 0 Å². The highest BCUT2D eigenvalue weighted by Crippen LogP contribution is 2.13. The first kappa shape index (κ1) is 10.5. The smallest absolute Gasteiger partial charge is 0.0160 e. The van der Waals surface area contributed by atoms with Gasteiger partial charge < -0.3 is 0 Å². The van der Waals surface area contributed by atoms with Gasteiger partial charge in [0.1, 0.15) is 0 Å². The lowest BCUT2D eigenvalue weighted by molar-refractivity contribution is 0.927. The van der Waals surface area contributed by atoms with E-state index in [-0.39, 0.29) is 0 Å². The Bertz CT molecular complexity index is 129. The van der Waals surface area contributed by atoms with Gasteiger partial charge in [-0.1, -0.05) is 57.4 Å². The van der Waals surface area contributed by atoms with E-state index >= 15 is 0 Å². The third-order valence-electron chi connectivity index (χ3n) is 1.39. The molecule has 0 aromatic rings. The van der Waals surface area contributed by atoms with Crippen molar-refractivity contribution in [1.82, 2.24) is 0 Å². The largest absolute Gasteiger partial charge is 0.0805 e. The number of rotatable bonds is 2. The van der Waals surface area contributed by atoms with E-state index in [9.17, 15) is 0 Å². The molecule has 0 heterocycles. The Labute approximate surface area is 71.0 Å². The Balaban J connectivity index is 0.000000292. The van der Waals surface area contributed by atoms with Crippen LogP contribution in [0.1, 0.15) is 46.5 Å². The maximum atomic E-state index is 2.30. The standard InChI is InChI=1S/C8H12.C3H8/c1-2-5-8-6-3-4-7-8;1-3-2/h3,6-7H,2,4-5H2,1H3;3H2,1-2H3. The van der Waals surface area contributed by atoms with Crippen molar-refractivity contribution < 1.29 is 0 Å². The maximum Gasteiger partial charge on any atom is -0.0160 e. The Morgan fingerprint density at radius 1 is 1.27 bits per heavy atom. The Kier molecular flexibility index (Phi) is 7.23. The predicted molar refractivity (Wildman–Crippen MR) is 52.7 cm³/mol. The first-order chi connectivity index (χ1) is 5.35. The van der Waals surface area contributed by atoms with Gasteiger partial charge in [0, 0.05) is 0 Å². The molecule has 1 aliphatic rings. The quantitative estimate of drug-likeness (QED) is 0.559. The fourth-order valence-electron chi connectivity index (χ4n) is 0.981. The molecule has 11 heavy (non-hydrogen) atoms. The Morgan fingerprint density at radius 2 is 1.91 bits per heavy atom. The molecule has 0 saturated carbocycles. The number of allylic oxidation sites excluding steroid dienone is 4. The minimum absolute atomic E-state index is 1.16. The molecule has 0 atom stereocenters. The molecule has 0 bridgehead atoms. The monoisotopic (exact) mass is 152 g/mol. The predicted octanol–water partition coefficient (Wildman–Crippen LogP) is 4.09. The molecular weight excluding hydrogens is 132 g/mol. The number of hydrogen-bond donors (Lipinski definition) is 0. The van der Waals surface area contributed by atoms with E-state index in [1.165, 1.54) is 24.8 Å². The van der Waals surface area contributed by atoms with Gasteiger partial charge in [-0.05, 0) is 12.8 Å². The highest BCUT2D eigenvalue weighted by molar-refractivity contribution is 5.25. The fraction of sp³-hybridized carbons (Fsp3) is 0.636. The van der Waals surface area contributed by atoms with Gasteiger partial charge in [-0.3, -0.25) is 0 Å². The van der Waals surface area contributed by atoms with Gasteiger partial charge in [0.25, 0.3) is 0 Å². The second-order valence-electron chi connectivity index (χ2n) is 2.87. The molecule has 0 aromatic carbocycles. The SMILES string of the molecule is CCC.CCCC1=CCC=C1. The molecule has 0 heteroatoms. The highest BCUT2D eigenvalue weighted by Gasteiger charge is 1.93. The second-order valence-corrected chi connectivity index (χ2v) is 2.87. The molecule has 0 fully saturated rings. The summed E-state index contributed by atoms with van der Waals surface area (Å²) in [5.41, 5.74) is 1.52. The van der Waals surface area contributed by atoms with Crippen LogP contribution in [-0.2, 0) is 0 Å². The second kappa shape index (κ2) is 7.59. The fourth-order valence-corrected chi connectivity index (χ4v) is 0.981. The van der Waals surface area contributed by atoms with E-state index in [0.717, 1.165) is 6.42 Å². The van der Waals surface area contributed by atoms with Crippen LogP contribution in [0.3, 0.4) is 0 Å². The molecule has 0 aliphatic heterocycles. The lowest BCUT2D eigenvalue weighted by Gasteiger charge is -1.90. The minimum Gasteiger partial charge on any atom is -0.0805 e. The van der Waals surface area contributed by atoms with Crippen LogP contribution in [0.5, 0.6) is 0 Å². The van der Waals surface area contributed by atoms with Gasteiger partial charge in [0.05, 0.1) is 0 Å². The average Bonchev–Trinajstić information content (AvgIpc) is 2.42. The molecule has 0 aromatic heterocycles. The van der Waals surface area contributed by atoms with Crippen molar-refractivity contribution in [3.05, 3.63) is 23.8 Å². The molecular formula is C11H20. The van der Waals surface area contributed by atoms with Crippen LogP contribution in [-0.4, -0.2) is 0 Å². The lowest BCUT2D eigenvalue weighted by Crippen LogP contribution is -1.70. The molecule has 64 valence electrons. The van der Waals surface area contributed by atoms with Crippen LogP contribution in [0, 0.1) is 0 Å². The van der Waals surface area contributed by atoms with Crippen LogP contribution in [0.4, 0.5) is 0 Å². The molecule has 0 saturated heterocycles. The van der Waals surface area contributed by atoms with E-state index in [4.69, 9.17) is 0 Å². The average molecular weight is 152 g/mol. The van der Waals surface area contributed by atoms with Crippen molar-refractivity contribution >= 4 is 0 Å². The summed E-state index contributed by atoms with van der Waals surface area (Å²) in [6, 6.07) is 0. The van der Waals surface area contributed by atoms with Crippen LogP contribution in [0.15, 0.2) is 23.8 Å². The summed E-state index contributed by atoms with van der Waals surface area (Å²) in [7, 11) is 0. The first-order valence-corrected chi connectivity index (χ1v) is 4.70. The van der Waals surface area contributed by atoms with Crippen molar-refractivity contribution in [1.29, 1.82) is 0 Å². The van der Waals surface area contributed by atoms with E-state index in [2.05, 4.69) is 39.0 Å². The normalized spacial score (nSPS) is 13.9. The van der Waals surface area contributed by atoms with E-state index in [1.54, 1.807) is 0 Å². The maximum absolute atomic E-state index is 2.30. The molecule has 0 spiro atoms. The zero-order valence-corrected chi connectivity index (χ0v) is 8.06. The van der Waals surface area contributed by atoms with Gasteiger partial charge in [-0.2, -0.15) is 0 Å².